The lowest BCUT2D eigenvalue weighted by Gasteiger charge is -2.20. The van der Waals surface area contributed by atoms with Crippen molar-refractivity contribution in [2.24, 2.45) is 0 Å². The Bertz CT molecular complexity index is 296. The Hall–Kier alpha value is -0.820. The van der Waals surface area contributed by atoms with Crippen LogP contribution in [0, 0.1) is 6.92 Å². The summed E-state index contributed by atoms with van der Waals surface area (Å²) in [5.41, 5.74) is 3.05. The SMILES string of the molecule is Cc1cccc(CCCNC(C)(C)C)c1. The van der Waals surface area contributed by atoms with E-state index in [1.807, 2.05) is 0 Å². The standard InChI is InChI=1S/C14H23N/c1-12-7-5-8-13(11-12)9-6-10-15-14(2,3)4/h5,7-8,11,15H,6,9-10H2,1-4H3. The molecule has 0 aliphatic carbocycles. The van der Waals surface area contributed by atoms with Gasteiger partial charge in [0.25, 0.3) is 0 Å². The van der Waals surface area contributed by atoms with E-state index in [-0.39, 0.29) is 5.54 Å². The molecule has 1 N–H and O–H groups in total. The first-order chi connectivity index (χ1) is 6.97. The van der Waals surface area contributed by atoms with Gasteiger partial charge in [-0.1, -0.05) is 29.8 Å². The van der Waals surface area contributed by atoms with Crippen LogP contribution >= 0.6 is 0 Å². The molecular weight excluding hydrogens is 182 g/mol. The lowest BCUT2D eigenvalue weighted by molar-refractivity contribution is 0.422. The van der Waals surface area contributed by atoms with Gasteiger partial charge in [0, 0.05) is 5.54 Å². The smallest absolute Gasteiger partial charge is 0.00965 e. The highest BCUT2D eigenvalue weighted by atomic mass is 14.9. The topological polar surface area (TPSA) is 12.0 Å². The summed E-state index contributed by atoms with van der Waals surface area (Å²) in [6.45, 7) is 9.87. The molecule has 84 valence electrons. The summed E-state index contributed by atoms with van der Waals surface area (Å²) in [7, 11) is 0. The maximum atomic E-state index is 3.51. The van der Waals surface area contributed by atoms with Crippen LogP contribution in [-0.2, 0) is 6.42 Å². The van der Waals surface area contributed by atoms with Crippen LogP contribution in [-0.4, -0.2) is 12.1 Å². The van der Waals surface area contributed by atoms with Gasteiger partial charge in [0.15, 0.2) is 0 Å². The highest BCUT2D eigenvalue weighted by Gasteiger charge is 2.06. The molecular formula is C14H23N. The van der Waals surface area contributed by atoms with E-state index in [4.69, 9.17) is 0 Å². The Morgan fingerprint density at radius 1 is 1.20 bits per heavy atom. The molecule has 0 aliphatic heterocycles. The van der Waals surface area contributed by atoms with Gasteiger partial charge in [0.1, 0.15) is 0 Å². The Kier molecular flexibility index (Phi) is 4.34. The molecule has 0 fully saturated rings. The molecule has 1 aromatic rings. The first-order valence-corrected chi connectivity index (χ1v) is 5.78. The van der Waals surface area contributed by atoms with Crippen molar-refractivity contribution in [1.82, 2.24) is 5.32 Å². The lowest BCUT2D eigenvalue weighted by Crippen LogP contribution is -2.36. The van der Waals surface area contributed by atoms with Crippen LogP contribution in [0.3, 0.4) is 0 Å². The third-order valence-electron chi connectivity index (χ3n) is 2.38. The van der Waals surface area contributed by atoms with Crippen LogP contribution in [0.25, 0.3) is 0 Å². The summed E-state index contributed by atoms with van der Waals surface area (Å²) in [5, 5.41) is 3.51. The van der Waals surface area contributed by atoms with Gasteiger partial charge in [-0.15, -0.1) is 0 Å². The van der Waals surface area contributed by atoms with Crippen molar-refractivity contribution in [3.63, 3.8) is 0 Å². The molecule has 0 bridgehead atoms. The van der Waals surface area contributed by atoms with Crippen LogP contribution < -0.4 is 5.32 Å². The fourth-order valence-electron chi connectivity index (χ4n) is 1.62. The van der Waals surface area contributed by atoms with Gasteiger partial charge in [-0.2, -0.15) is 0 Å². The molecule has 0 spiro atoms. The summed E-state index contributed by atoms with van der Waals surface area (Å²) in [6.07, 6.45) is 2.38. The first kappa shape index (κ1) is 12.3. The average molecular weight is 205 g/mol. The Labute approximate surface area is 93.9 Å². The molecule has 15 heavy (non-hydrogen) atoms. The van der Waals surface area contributed by atoms with E-state index < -0.39 is 0 Å². The fraction of sp³-hybridized carbons (Fsp3) is 0.571. The van der Waals surface area contributed by atoms with E-state index in [1.165, 1.54) is 24.0 Å². The zero-order valence-corrected chi connectivity index (χ0v) is 10.4. The number of aryl methyl sites for hydroxylation is 2. The van der Waals surface area contributed by atoms with Crippen LogP contribution in [0.1, 0.15) is 38.3 Å². The molecule has 0 heterocycles. The normalized spacial score (nSPS) is 11.7. The zero-order chi connectivity index (χ0) is 11.3. The molecule has 0 radical (unpaired) electrons. The molecule has 0 aromatic heterocycles. The highest BCUT2D eigenvalue weighted by molar-refractivity contribution is 5.22. The second-order valence-electron chi connectivity index (χ2n) is 5.27. The Morgan fingerprint density at radius 3 is 2.53 bits per heavy atom. The first-order valence-electron chi connectivity index (χ1n) is 5.78. The van der Waals surface area contributed by atoms with Gasteiger partial charge in [0.2, 0.25) is 0 Å². The summed E-state index contributed by atoms with van der Waals surface area (Å²) in [6, 6.07) is 8.78. The molecule has 1 aromatic carbocycles. The van der Waals surface area contributed by atoms with Gasteiger partial charge >= 0.3 is 0 Å². The van der Waals surface area contributed by atoms with E-state index in [0.717, 1.165) is 6.54 Å². The quantitative estimate of drug-likeness (QED) is 0.744. The molecule has 0 aliphatic rings. The third-order valence-corrected chi connectivity index (χ3v) is 2.38. The number of nitrogens with one attached hydrogen (secondary N) is 1. The minimum Gasteiger partial charge on any atom is -0.312 e. The molecule has 1 nitrogen and oxygen atoms in total. The zero-order valence-electron chi connectivity index (χ0n) is 10.4. The van der Waals surface area contributed by atoms with Gasteiger partial charge in [-0.3, -0.25) is 0 Å². The summed E-state index contributed by atoms with van der Waals surface area (Å²) < 4.78 is 0. The maximum absolute atomic E-state index is 3.51. The summed E-state index contributed by atoms with van der Waals surface area (Å²) in [5.74, 6) is 0. The second-order valence-corrected chi connectivity index (χ2v) is 5.27. The fourth-order valence-corrected chi connectivity index (χ4v) is 1.62. The summed E-state index contributed by atoms with van der Waals surface area (Å²) in [4.78, 5) is 0. The number of hydrogen-bond donors (Lipinski definition) is 1. The third kappa shape index (κ3) is 5.58. The van der Waals surface area contributed by atoms with Crippen molar-refractivity contribution in [2.45, 2.75) is 46.1 Å². The molecule has 0 saturated heterocycles. The van der Waals surface area contributed by atoms with Crippen LogP contribution in [0.2, 0.25) is 0 Å². The van der Waals surface area contributed by atoms with Crippen molar-refractivity contribution in [3.8, 4) is 0 Å². The minimum atomic E-state index is 0.243. The molecule has 0 atom stereocenters. The van der Waals surface area contributed by atoms with Crippen LogP contribution in [0.4, 0.5) is 0 Å². The van der Waals surface area contributed by atoms with Gasteiger partial charge < -0.3 is 5.32 Å². The van der Waals surface area contributed by atoms with Gasteiger partial charge in [-0.05, 0) is 52.6 Å². The summed E-state index contributed by atoms with van der Waals surface area (Å²) >= 11 is 0. The number of benzene rings is 1. The van der Waals surface area contributed by atoms with Crippen molar-refractivity contribution < 1.29 is 0 Å². The molecule has 0 amide bonds. The minimum absolute atomic E-state index is 0.243. The van der Waals surface area contributed by atoms with Crippen LogP contribution in [0.15, 0.2) is 24.3 Å². The van der Waals surface area contributed by atoms with E-state index in [0.29, 0.717) is 0 Å². The Balaban J connectivity index is 2.26. The van der Waals surface area contributed by atoms with Crippen LogP contribution in [0.5, 0.6) is 0 Å². The van der Waals surface area contributed by atoms with E-state index in [1.54, 1.807) is 0 Å². The monoisotopic (exact) mass is 205 g/mol. The van der Waals surface area contributed by atoms with E-state index in [2.05, 4.69) is 57.3 Å². The Morgan fingerprint density at radius 2 is 1.93 bits per heavy atom. The number of hydrogen-bond acceptors (Lipinski definition) is 1. The largest absolute Gasteiger partial charge is 0.312 e. The van der Waals surface area contributed by atoms with Crippen molar-refractivity contribution in [3.05, 3.63) is 35.4 Å². The maximum Gasteiger partial charge on any atom is 0.00965 e. The van der Waals surface area contributed by atoms with Gasteiger partial charge in [0.05, 0.1) is 0 Å². The van der Waals surface area contributed by atoms with Crippen molar-refractivity contribution in [2.75, 3.05) is 6.54 Å². The second kappa shape index (κ2) is 5.32. The molecule has 1 heteroatoms. The highest BCUT2D eigenvalue weighted by Crippen LogP contribution is 2.06. The number of rotatable bonds is 4. The van der Waals surface area contributed by atoms with Gasteiger partial charge in [-0.25, -0.2) is 0 Å². The van der Waals surface area contributed by atoms with Crippen molar-refractivity contribution >= 4 is 0 Å². The van der Waals surface area contributed by atoms with E-state index in [9.17, 15) is 0 Å². The molecule has 1 rings (SSSR count). The van der Waals surface area contributed by atoms with E-state index >= 15 is 0 Å². The van der Waals surface area contributed by atoms with Crippen molar-refractivity contribution in [1.29, 1.82) is 0 Å². The predicted molar refractivity (Wildman–Crippen MR) is 67.3 cm³/mol. The average Bonchev–Trinajstić information content (AvgIpc) is 2.11. The molecule has 0 saturated carbocycles. The lowest BCUT2D eigenvalue weighted by atomic mass is 10.1. The predicted octanol–water partition coefficient (Wildman–Crippen LogP) is 3.32. The molecule has 0 unspecified atom stereocenters.